The Labute approximate surface area is 172 Å². The van der Waals surface area contributed by atoms with Crippen LogP contribution in [0.25, 0.3) is 0 Å². The molecule has 0 saturated carbocycles. The number of aromatic amines is 1. The number of H-pyrrole nitrogens is 1. The molecule has 0 unspecified atom stereocenters. The topological polar surface area (TPSA) is 68.4 Å². The first-order valence-corrected chi connectivity index (χ1v) is 10.2. The lowest BCUT2D eigenvalue weighted by Gasteiger charge is -2.36. The molecule has 2 aromatic rings. The number of nitrogens with zero attached hydrogens (tertiary/aromatic N) is 5. The number of likely N-dealkylation sites (tertiary alicyclic amines) is 1. The Morgan fingerprint density at radius 3 is 2.40 bits per heavy atom. The van der Waals surface area contributed by atoms with Gasteiger partial charge in [0.25, 0.3) is 0 Å². The van der Waals surface area contributed by atoms with Gasteiger partial charge in [-0.1, -0.05) is 0 Å². The predicted molar refractivity (Wildman–Crippen MR) is 105 cm³/mol. The molecule has 2 fully saturated rings. The number of alkyl halides is 3. The summed E-state index contributed by atoms with van der Waals surface area (Å²) in [6.07, 6.45) is 1.19. The van der Waals surface area contributed by atoms with E-state index in [2.05, 4.69) is 20.1 Å². The molecule has 1 amide bonds. The average molecular weight is 422 g/mol. The molecule has 2 aliphatic rings. The van der Waals surface area contributed by atoms with Crippen LogP contribution in [0.4, 0.5) is 19.0 Å². The number of piperidine rings is 1. The summed E-state index contributed by atoms with van der Waals surface area (Å²) in [6.45, 7) is 5.35. The molecule has 2 aliphatic heterocycles. The molecule has 162 valence electrons. The molecule has 30 heavy (non-hydrogen) atoms. The van der Waals surface area contributed by atoms with Crippen LogP contribution >= 0.6 is 0 Å². The third-order valence-corrected chi connectivity index (χ3v) is 6.00. The first-order chi connectivity index (χ1) is 14.4. The molecule has 2 aromatic heterocycles. The predicted octanol–water partition coefficient (Wildman–Crippen LogP) is 2.48. The third-order valence-electron chi connectivity index (χ3n) is 6.00. The van der Waals surface area contributed by atoms with Gasteiger partial charge in [0.15, 0.2) is 0 Å². The van der Waals surface area contributed by atoms with E-state index in [1.165, 1.54) is 11.6 Å². The van der Waals surface area contributed by atoms with Crippen LogP contribution in [0.1, 0.15) is 35.6 Å². The SMILES string of the molecule is O=CN1CCC(c2[nH]ncc2CN2CCN(c3ccc(C(F)(F)F)cn3)CC2)CC1. The third kappa shape index (κ3) is 4.58. The molecular formula is C20H25F3N6O. The molecule has 0 bridgehead atoms. The fraction of sp³-hybridized carbons (Fsp3) is 0.550. The first-order valence-electron chi connectivity index (χ1n) is 10.2. The standard InChI is InChI=1S/C20H25F3N6O/c21-20(22,23)17-1-2-18(24-12-17)29-9-7-27(8-10-29)13-16-11-25-26-19(16)15-3-5-28(14-30)6-4-15/h1-2,11-12,14-15H,3-10,13H2,(H,25,26). The average Bonchev–Trinajstić information content (AvgIpc) is 3.22. The number of pyridine rings is 1. The van der Waals surface area contributed by atoms with Gasteiger partial charge in [-0.2, -0.15) is 18.3 Å². The van der Waals surface area contributed by atoms with Gasteiger partial charge in [-0.05, 0) is 25.0 Å². The van der Waals surface area contributed by atoms with Gasteiger partial charge in [0, 0.05) is 69.2 Å². The summed E-state index contributed by atoms with van der Waals surface area (Å²) in [5.41, 5.74) is 1.62. The highest BCUT2D eigenvalue weighted by Gasteiger charge is 2.31. The van der Waals surface area contributed by atoms with Gasteiger partial charge < -0.3 is 9.80 Å². The normalized spacial score (nSPS) is 19.3. The van der Waals surface area contributed by atoms with Crippen LogP contribution in [-0.2, 0) is 17.5 Å². The number of piperazine rings is 1. The largest absolute Gasteiger partial charge is 0.417 e. The molecule has 2 saturated heterocycles. The van der Waals surface area contributed by atoms with Crippen molar-refractivity contribution < 1.29 is 18.0 Å². The van der Waals surface area contributed by atoms with Crippen LogP contribution in [-0.4, -0.2) is 70.7 Å². The number of halogens is 3. The fourth-order valence-electron chi connectivity index (χ4n) is 4.21. The number of amides is 1. The van der Waals surface area contributed by atoms with Crippen molar-refractivity contribution in [3.05, 3.63) is 41.3 Å². The van der Waals surface area contributed by atoms with E-state index in [9.17, 15) is 18.0 Å². The molecule has 0 atom stereocenters. The van der Waals surface area contributed by atoms with Gasteiger partial charge in [0.2, 0.25) is 6.41 Å². The van der Waals surface area contributed by atoms with E-state index in [1.807, 2.05) is 11.1 Å². The van der Waals surface area contributed by atoms with Crippen LogP contribution in [0.5, 0.6) is 0 Å². The number of aromatic nitrogens is 3. The first kappa shape index (κ1) is 20.6. The Morgan fingerprint density at radius 1 is 1.07 bits per heavy atom. The van der Waals surface area contributed by atoms with Crippen molar-refractivity contribution in [2.45, 2.75) is 31.5 Å². The Bertz CT molecular complexity index is 837. The lowest BCUT2D eigenvalue weighted by Crippen LogP contribution is -2.46. The highest BCUT2D eigenvalue weighted by atomic mass is 19.4. The zero-order chi connectivity index (χ0) is 21.1. The summed E-state index contributed by atoms with van der Waals surface area (Å²) < 4.78 is 38.1. The van der Waals surface area contributed by atoms with Crippen molar-refractivity contribution in [1.82, 2.24) is 25.0 Å². The van der Waals surface area contributed by atoms with Crippen LogP contribution in [0, 0.1) is 0 Å². The molecule has 0 radical (unpaired) electrons. The number of nitrogens with one attached hydrogen (secondary N) is 1. The lowest BCUT2D eigenvalue weighted by molar-refractivity contribution is -0.137. The zero-order valence-electron chi connectivity index (χ0n) is 16.6. The molecule has 7 nitrogen and oxygen atoms in total. The van der Waals surface area contributed by atoms with Crippen molar-refractivity contribution in [3.8, 4) is 0 Å². The Morgan fingerprint density at radius 2 is 1.80 bits per heavy atom. The highest BCUT2D eigenvalue weighted by molar-refractivity contribution is 5.47. The monoisotopic (exact) mass is 422 g/mol. The quantitative estimate of drug-likeness (QED) is 0.750. The second-order valence-electron chi connectivity index (χ2n) is 7.89. The lowest BCUT2D eigenvalue weighted by atomic mass is 9.91. The van der Waals surface area contributed by atoms with Crippen molar-refractivity contribution in [2.24, 2.45) is 0 Å². The smallest absolute Gasteiger partial charge is 0.354 e. The fourth-order valence-corrected chi connectivity index (χ4v) is 4.21. The van der Waals surface area contributed by atoms with Gasteiger partial charge in [0.05, 0.1) is 11.8 Å². The molecule has 0 aromatic carbocycles. The van der Waals surface area contributed by atoms with E-state index in [1.54, 1.807) is 4.90 Å². The second-order valence-corrected chi connectivity index (χ2v) is 7.89. The zero-order valence-corrected chi connectivity index (χ0v) is 16.6. The maximum absolute atomic E-state index is 12.7. The Kier molecular flexibility index (Phi) is 5.94. The van der Waals surface area contributed by atoms with Gasteiger partial charge >= 0.3 is 6.18 Å². The van der Waals surface area contributed by atoms with Gasteiger partial charge in [-0.3, -0.25) is 14.8 Å². The number of anilines is 1. The molecule has 0 aliphatic carbocycles. The minimum Gasteiger partial charge on any atom is -0.354 e. The molecule has 0 spiro atoms. The van der Waals surface area contributed by atoms with E-state index < -0.39 is 11.7 Å². The van der Waals surface area contributed by atoms with Crippen molar-refractivity contribution in [2.75, 3.05) is 44.2 Å². The highest BCUT2D eigenvalue weighted by Crippen LogP contribution is 2.30. The van der Waals surface area contributed by atoms with E-state index in [0.29, 0.717) is 24.8 Å². The molecule has 4 heterocycles. The van der Waals surface area contributed by atoms with Crippen LogP contribution in [0.3, 0.4) is 0 Å². The van der Waals surface area contributed by atoms with Crippen LogP contribution in [0.2, 0.25) is 0 Å². The maximum Gasteiger partial charge on any atom is 0.417 e. The van der Waals surface area contributed by atoms with E-state index in [-0.39, 0.29) is 0 Å². The molecule has 4 rings (SSSR count). The summed E-state index contributed by atoms with van der Waals surface area (Å²) in [5, 5.41) is 7.40. The maximum atomic E-state index is 12.7. The van der Waals surface area contributed by atoms with E-state index >= 15 is 0 Å². The minimum absolute atomic E-state index is 0.385. The van der Waals surface area contributed by atoms with Crippen LogP contribution < -0.4 is 4.90 Å². The summed E-state index contributed by atoms with van der Waals surface area (Å²) in [7, 11) is 0. The number of carbonyl (C=O) groups is 1. The van der Waals surface area contributed by atoms with Crippen LogP contribution in [0.15, 0.2) is 24.5 Å². The number of hydrogen-bond donors (Lipinski definition) is 1. The number of hydrogen-bond acceptors (Lipinski definition) is 5. The Hall–Kier alpha value is -2.62. The molecular weight excluding hydrogens is 397 g/mol. The van der Waals surface area contributed by atoms with Crippen molar-refractivity contribution >= 4 is 12.2 Å². The summed E-state index contributed by atoms with van der Waals surface area (Å²) in [5.74, 6) is 0.963. The molecule has 1 N–H and O–H groups in total. The van der Waals surface area contributed by atoms with Gasteiger partial charge in [-0.25, -0.2) is 4.98 Å². The van der Waals surface area contributed by atoms with Gasteiger partial charge in [0.1, 0.15) is 5.82 Å². The van der Waals surface area contributed by atoms with Crippen molar-refractivity contribution in [1.29, 1.82) is 0 Å². The van der Waals surface area contributed by atoms with E-state index in [4.69, 9.17) is 0 Å². The number of rotatable bonds is 5. The van der Waals surface area contributed by atoms with E-state index in [0.717, 1.165) is 69.9 Å². The summed E-state index contributed by atoms with van der Waals surface area (Å²) >= 11 is 0. The minimum atomic E-state index is -4.36. The number of carbonyl (C=O) groups excluding carboxylic acids is 1. The Balaban J connectivity index is 1.32. The second kappa shape index (κ2) is 8.63. The summed E-state index contributed by atoms with van der Waals surface area (Å²) in [4.78, 5) is 21.1. The summed E-state index contributed by atoms with van der Waals surface area (Å²) in [6, 6.07) is 2.53. The van der Waals surface area contributed by atoms with Gasteiger partial charge in [-0.15, -0.1) is 0 Å². The molecule has 10 heteroatoms. The van der Waals surface area contributed by atoms with Crippen molar-refractivity contribution in [3.63, 3.8) is 0 Å².